The first-order chi connectivity index (χ1) is 6.17. The fourth-order valence-electron chi connectivity index (χ4n) is 0.885. The summed E-state index contributed by atoms with van der Waals surface area (Å²) >= 11 is 0. The maximum absolute atomic E-state index is 11.4. The lowest BCUT2D eigenvalue weighted by atomic mass is 10.5. The third-order valence-corrected chi connectivity index (χ3v) is 3.22. The van der Waals surface area contributed by atoms with Crippen molar-refractivity contribution in [1.29, 1.82) is 0 Å². The van der Waals surface area contributed by atoms with Crippen LogP contribution in [0.15, 0.2) is 29.4 Å². The van der Waals surface area contributed by atoms with E-state index in [1.807, 2.05) is 0 Å². The van der Waals surface area contributed by atoms with Gasteiger partial charge < -0.3 is 0 Å². The van der Waals surface area contributed by atoms with Crippen molar-refractivity contribution in [1.82, 2.24) is 4.98 Å². The number of nitrogens with zero attached hydrogens (tertiary/aromatic N) is 1. The fourth-order valence-corrected chi connectivity index (χ4v) is 2.10. The van der Waals surface area contributed by atoms with Gasteiger partial charge >= 0.3 is 0 Å². The molecule has 0 spiro atoms. The normalized spacial score (nSPS) is 11.5. The third kappa shape index (κ3) is 2.78. The van der Waals surface area contributed by atoms with Crippen LogP contribution >= 0.6 is 0 Å². The van der Waals surface area contributed by atoms with Crippen LogP contribution in [0.2, 0.25) is 0 Å². The standard InChI is InChI=1S/C8H10NO3S/c10-6-3-7-13(11,12)8-4-1-2-5-9-8/h1-2,4-5H,3,6-7H2. The van der Waals surface area contributed by atoms with Gasteiger partial charge in [-0.25, -0.2) is 18.5 Å². The molecule has 0 saturated carbocycles. The predicted octanol–water partition coefficient (Wildman–Crippen LogP) is 0.676. The summed E-state index contributed by atoms with van der Waals surface area (Å²) in [4.78, 5) is 3.71. The highest BCUT2D eigenvalue weighted by molar-refractivity contribution is 7.91. The lowest BCUT2D eigenvalue weighted by Crippen LogP contribution is -2.09. The smallest absolute Gasteiger partial charge is 0.195 e. The van der Waals surface area contributed by atoms with E-state index in [1.165, 1.54) is 12.3 Å². The Morgan fingerprint density at radius 1 is 1.31 bits per heavy atom. The van der Waals surface area contributed by atoms with Crippen LogP contribution < -0.4 is 0 Å². The highest BCUT2D eigenvalue weighted by atomic mass is 32.2. The summed E-state index contributed by atoms with van der Waals surface area (Å²) in [6.07, 6.45) is 1.56. The Labute approximate surface area is 77.2 Å². The first-order valence-corrected chi connectivity index (χ1v) is 5.54. The Morgan fingerprint density at radius 2 is 2.08 bits per heavy atom. The minimum Gasteiger partial charge on any atom is -0.245 e. The van der Waals surface area contributed by atoms with Crippen molar-refractivity contribution in [3.8, 4) is 0 Å². The second kappa shape index (κ2) is 4.34. The molecule has 0 aliphatic carbocycles. The van der Waals surface area contributed by atoms with Gasteiger partial charge in [0.05, 0.1) is 12.4 Å². The minimum absolute atomic E-state index is 0.0449. The van der Waals surface area contributed by atoms with E-state index in [1.54, 1.807) is 12.1 Å². The minimum atomic E-state index is -3.33. The van der Waals surface area contributed by atoms with E-state index >= 15 is 0 Å². The predicted molar refractivity (Wildman–Crippen MR) is 46.5 cm³/mol. The maximum Gasteiger partial charge on any atom is 0.195 e. The summed E-state index contributed by atoms with van der Waals surface area (Å²) < 4.78 is 22.8. The highest BCUT2D eigenvalue weighted by Crippen LogP contribution is 2.07. The monoisotopic (exact) mass is 200 g/mol. The first kappa shape index (κ1) is 10.1. The van der Waals surface area contributed by atoms with Crippen LogP contribution in [-0.4, -0.2) is 25.8 Å². The molecule has 0 atom stereocenters. The van der Waals surface area contributed by atoms with Gasteiger partial charge in [0.15, 0.2) is 14.9 Å². The zero-order valence-electron chi connectivity index (χ0n) is 7.01. The van der Waals surface area contributed by atoms with Crippen LogP contribution in [-0.2, 0) is 14.9 Å². The number of pyridine rings is 1. The van der Waals surface area contributed by atoms with Crippen LogP contribution in [0, 0.1) is 0 Å². The van der Waals surface area contributed by atoms with Gasteiger partial charge in [-0.2, -0.15) is 0 Å². The van der Waals surface area contributed by atoms with Crippen LogP contribution in [0.25, 0.3) is 0 Å². The molecule has 0 saturated heterocycles. The number of hydrogen-bond donors (Lipinski definition) is 0. The van der Waals surface area contributed by atoms with Crippen molar-refractivity contribution in [3.63, 3.8) is 0 Å². The quantitative estimate of drug-likeness (QED) is 0.717. The van der Waals surface area contributed by atoms with Gasteiger partial charge in [-0.1, -0.05) is 6.07 Å². The summed E-state index contributed by atoms with van der Waals surface area (Å²) in [5.41, 5.74) is 0. The van der Waals surface area contributed by atoms with Crippen molar-refractivity contribution >= 4 is 9.84 Å². The largest absolute Gasteiger partial charge is 0.245 e. The molecule has 1 radical (unpaired) electrons. The van der Waals surface area contributed by atoms with E-state index in [9.17, 15) is 13.5 Å². The molecule has 0 N–H and O–H groups in total. The van der Waals surface area contributed by atoms with Crippen molar-refractivity contribution in [2.45, 2.75) is 11.4 Å². The molecule has 0 bridgehead atoms. The molecule has 71 valence electrons. The van der Waals surface area contributed by atoms with Gasteiger partial charge in [-0.3, -0.25) is 0 Å². The van der Waals surface area contributed by atoms with Crippen molar-refractivity contribution in [3.05, 3.63) is 24.4 Å². The maximum atomic E-state index is 11.4. The topological polar surface area (TPSA) is 66.9 Å². The van der Waals surface area contributed by atoms with Gasteiger partial charge in [0, 0.05) is 6.20 Å². The SMILES string of the molecule is [O]CCCS(=O)(=O)c1ccccn1. The number of sulfone groups is 1. The second-order valence-electron chi connectivity index (χ2n) is 2.54. The lowest BCUT2D eigenvalue weighted by molar-refractivity contribution is 0.194. The summed E-state index contributed by atoms with van der Waals surface area (Å²) in [6.45, 7) is -0.369. The molecule has 5 heteroatoms. The number of rotatable bonds is 4. The Kier molecular flexibility index (Phi) is 3.39. The van der Waals surface area contributed by atoms with Crippen molar-refractivity contribution in [2.24, 2.45) is 0 Å². The summed E-state index contributed by atoms with van der Waals surface area (Å²) in [5, 5.41) is 10.2. The Bertz CT molecular complexity index is 347. The van der Waals surface area contributed by atoms with E-state index in [-0.39, 0.29) is 23.8 Å². The zero-order chi connectivity index (χ0) is 9.73. The van der Waals surface area contributed by atoms with E-state index in [2.05, 4.69) is 4.98 Å². The molecule has 0 amide bonds. The summed E-state index contributed by atoms with van der Waals surface area (Å²) in [5.74, 6) is -0.118. The van der Waals surface area contributed by atoms with Gasteiger partial charge in [-0.15, -0.1) is 0 Å². The summed E-state index contributed by atoms with van der Waals surface area (Å²) in [7, 11) is -3.33. The van der Waals surface area contributed by atoms with Crippen LogP contribution in [0.3, 0.4) is 0 Å². The second-order valence-corrected chi connectivity index (χ2v) is 4.60. The number of aromatic nitrogens is 1. The van der Waals surface area contributed by atoms with Crippen LogP contribution in [0.1, 0.15) is 6.42 Å². The van der Waals surface area contributed by atoms with E-state index in [0.29, 0.717) is 0 Å². The molecular formula is C8H10NO3S. The molecule has 1 aromatic rings. The Balaban J connectivity index is 2.83. The highest BCUT2D eigenvalue weighted by Gasteiger charge is 2.14. The molecule has 13 heavy (non-hydrogen) atoms. The molecule has 0 unspecified atom stereocenters. The molecule has 1 heterocycles. The Morgan fingerprint density at radius 3 is 2.62 bits per heavy atom. The van der Waals surface area contributed by atoms with Crippen LogP contribution in [0.5, 0.6) is 0 Å². The van der Waals surface area contributed by atoms with E-state index in [0.717, 1.165) is 0 Å². The van der Waals surface area contributed by atoms with E-state index < -0.39 is 9.84 Å². The fraction of sp³-hybridized carbons (Fsp3) is 0.375. The molecule has 1 rings (SSSR count). The average molecular weight is 200 g/mol. The lowest BCUT2D eigenvalue weighted by Gasteiger charge is -2.00. The molecule has 0 aliphatic rings. The molecule has 0 aliphatic heterocycles. The van der Waals surface area contributed by atoms with Gasteiger partial charge in [0.1, 0.15) is 0 Å². The molecule has 4 nitrogen and oxygen atoms in total. The van der Waals surface area contributed by atoms with Gasteiger partial charge in [-0.05, 0) is 18.6 Å². The molecule has 1 aromatic heterocycles. The van der Waals surface area contributed by atoms with Gasteiger partial charge in [0.25, 0.3) is 0 Å². The van der Waals surface area contributed by atoms with Gasteiger partial charge in [0.2, 0.25) is 0 Å². The molecular weight excluding hydrogens is 190 g/mol. The molecule has 0 fully saturated rings. The Hall–Kier alpha value is -0.940. The van der Waals surface area contributed by atoms with Crippen LogP contribution in [0.4, 0.5) is 0 Å². The average Bonchev–Trinajstić information content (AvgIpc) is 2.16. The van der Waals surface area contributed by atoms with E-state index in [4.69, 9.17) is 0 Å². The van der Waals surface area contributed by atoms with Crippen molar-refractivity contribution in [2.75, 3.05) is 12.4 Å². The molecule has 0 aromatic carbocycles. The third-order valence-electron chi connectivity index (χ3n) is 1.51. The summed E-state index contributed by atoms with van der Waals surface area (Å²) in [6, 6.07) is 4.68. The first-order valence-electron chi connectivity index (χ1n) is 3.89. The zero-order valence-corrected chi connectivity index (χ0v) is 7.83. The number of hydrogen-bond acceptors (Lipinski definition) is 3. The van der Waals surface area contributed by atoms with Crippen molar-refractivity contribution < 1.29 is 13.5 Å².